The molecule has 2 amide bonds. The Morgan fingerprint density at radius 2 is 1.62 bits per heavy atom. The van der Waals surface area contributed by atoms with Crippen molar-refractivity contribution in [3.63, 3.8) is 0 Å². The number of nitrogens with two attached hydrogens (primary N) is 2. The number of carbonyl (C=O) groups excluding carboxylic acids is 3. The number of ether oxygens (including phenoxy) is 1. The second-order valence-corrected chi connectivity index (χ2v) is 8.92. The highest BCUT2D eigenvalue weighted by Gasteiger charge is 2.31. The molecule has 0 bridgehead atoms. The fraction of sp³-hybridized carbons (Fsp3) is 0.357. The molecule has 0 radical (unpaired) electrons. The summed E-state index contributed by atoms with van der Waals surface area (Å²) in [5.41, 5.74) is 13.6. The molecule has 9 nitrogen and oxygen atoms in total. The molecule has 2 aromatic carbocycles. The Balaban J connectivity index is 1.57. The summed E-state index contributed by atoms with van der Waals surface area (Å²) in [6.45, 7) is -0.316. The van der Waals surface area contributed by atoms with Gasteiger partial charge in [-0.25, -0.2) is 9.79 Å². The van der Waals surface area contributed by atoms with Crippen molar-refractivity contribution in [2.45, 2.75) is 44.2 Å². The quantitative estimate of drug-likeness (QED) is 0.175. The molecule has 3 rings (SSSR count). The molecule has 194 valence electrons. The van der Waals surface area contributed by atoms with Crippen molar-refractivity contribution < 1.29 is 19.1 Å². The molecule has 37 heavy (non-hydrogen) atoms. The Morgan fingerprint density at radius 3 is 2.22 bits per heavy atom. The number of rotatable bonds is 9. The topological polar surface area (TPSA) is 149 Å². The van der Waals surface area contributed by atoms with Gasteiger partial charge in [-0.3, -0.25) is 9.59 Å². The van der Waals surface area contributed by atoms with Crippen LogP contribution in [0.15, 0.2) is 59.6 Å². The third kappa shape index (κ3) is 8.69. The molecule has 2 atom stereocenters. The Bertz CT molecular complexity index is 1160. The number of nitrogens with one attached hydrogen (secondary N) is 2. The zero-order valence-corrected chi connectivity index (χ0v) is 20.9. The highest BCUT2D eigenvalue weighted by atomic mass is 16.5. The minimum atomic E-state index is -0.918. The van der Waals surface area contributed by atoms with Gasteiger partial charge in [0, 0.05) is 17.5 Å². The van der Waals surface area contributed by atoms with Crippen LogP contribution in [0, 0.1) is 17.8 Å². The molecule has 0 aliphatic heterocycles. The van der Waals surface area contributed by atoms with E-state index < -0.39 is 29.9 Å². The first kappa shape index (κ1) is 27.3. The maximum absolute atomic E-state index is 12.7. The Kier molecular flexibility index (Phi) is 10.1. The van der Waals surface area contributed by atoms with Gasteiger partial charge in [0.15, 0.2) is 5.96 Å². The lowest BCUT2D eigenvalue weighted by molar-refractivity contribution is -0.145. The monoisotopic (exact) mass is 503 g/mol. The van der Waals surface area contributed by atoms with E-state index in [1.807, 2.05) is 54.6 Å². The Morgan fingerprint density at radius 1 is 1.00 bits per heavy atom. The SMILES string of the molecule is COC(=O)[C@H](Cc1ccc(C#Cc2ccccc2)cc1)NC(=O)CNC(=O)[C@H](N=C(N)N)C1CCCC1. The van der Waals surface area contributed by atoms with Gasteiger partial charge in [0.25, 0.3) is 0 Å². The van der Waals surface area contributed by atoms with Crippen molar-refractivity contribution >= 4 is 23.7 Å². The predicted molar refractivity (Wildman–Crippen MR) is 141 cm³/mol. The van der Waals surface area contributed by atoms with Crippen LogP contribution in [-0.2, 0) is 25.5 Å². The van der Waals surface area contributed by atoms with Gasteiger partial charge in [0.05, 0.1) is 13.7 Å². The number of hydrogen-bond donors (Lipinski definition) is 4. The van der Waals surface area contributed by atoms with Crippen LogP contribution in [0.25, 0.3) is 0 Å². The first-order chi connectivity index (χ1) is 17.9. The summed E-state index contributed by atoms with van der Waals surface area (Å²) in [4.78, 5) is 41.7. The number of hydrogen-bond acceptors (Lipinski definition) is 5. The van der Waals surface area contributed by atoms with Crippen LogP contribution < -0.4 is 22.1 Å². The molecule has 6 N–H and O–H groups in total. The second kappa shape index (κ2) is 13.7. The summed E-state index contributed by atoms with van der Waals surface area (Å²) in [6.07, 6.45) is 3.94. The van der Waals surface area contributed by atoms with Crippen LogP contribution in [-0.4, -0.2) is 49.5 Å². The lowest BCUT2D eigenvalue weighted by Gasteiger charge is -2.20. The smallest absolute Gasteiger partial charge is 0.328 e. The zero-order chi connectivity index (χ0) is 26.6. The van der Waals surface area contributed by atoms with Gasteiger partial charge in [0.2, 0.25) is 11.8 Å². The van der Waals surface area contributed by atoms with Crippen molar-refractivity contribution in [1.29, 1.82) is 0 Å². The number of nitrogens with zero attached hydrogens (tertiary/aromatic N) is 1. The van der Waals surface area contributed by atoms with E-state index in [0.29, 0.717) is 0 Å². The summed E-state index contributed by atoms with van der Waals surface area (Å²) in [7, 11) is 1.26. The standard InChI is InChI=1S/C28H33N5O4/c1-37-27(36)23(17-21-15-13-20(14-16-21)12-11-19-7-3-2-4-8-19)32-24(34)18-31-26(35)25(33-28(29)30)22-9-5-6-10-22/h2-4,7-8,13-16,22-23,25H,5-6,9-10,17-18H2,1H3,(H,31,35)(H,32,34)(H4,29,30,33)/t23-,25+/m0/s1. The maximum atomic E-state index is 12.7. The largest absolute Gasteiger partial charge is 0.467 e. The lowest BCUT2D eigenvalue weighted by Crippen LogP contribution is -2.49. The fourth-order valence-corrected chi connectivity index (χ4v) is 4.29. The van der Waals surface area contributed by atoms with Crippen molar-refractivity contribution in [3.8, 4) is 11.8 Å². The molecule has 1 fully saturated rings. The summed E-state index contributed by atoms with van der Waals surface area (Å²) in [5, 5.41) is 5.23. The van der Waals surface area contributed by atoms with Crippen LogP contribution in [0.2, 0.25) is 0 Å². The van der Waals surface area contributed by atoms with E-state index in [-0.39, 0.29) is 24.8 Å². The Labute approximate surface area is 217 Å². The molecule has 9 heteroatoms. The normalized spacial score (nSPS) is 14.4. The number of aliphatic imine (C=N–C) groups is 1. The highest BCUT2D eigenvalue weighted by molar-refractivity contribution is 5.91. The molecule has 2 aromatic rings. The average Bonchev–Trinajstić information content (AvgIpc) is 3.44. The summed E-state index contributed by atoms with van der Waals surface area (Å²) in [6, 6.07) is 15.4. The van der Waals surface area contributed by atoms with Gasteiger partial charge in [-0.2, -0.15) is 0 Å². The summed E-state index contributed by atoms with van der Waals surface area (Å²) >= 11 is 0. The number of guanidine groups is 1. The predicted octanol–water partition coefficient (Wildman–Crippen LogP) is 1.24. The number of benzene rings is 2. The minimum absolute atomic E-state index is 0.0355. The van der Waals surface area contributed by atoms with Crippen molar-refractivity contribution in [3.05, 3.63) is 71.3 Å². The molecule has 0 aromatic heterocycles. The molecular formula is C28H33N5O4. The van der Waals surface area contributed by atoms with Crippen LogP contribution in [0.5, 0.6) is 0 Å². The van der Waals surface area contributed by atoms with Gasteiger partial charge >= 0.3 is 5.97 Å². The zero-order valence-electron chi connectivity index (χ0n) is 20.9. The molecule has 1 aliphatic carbocycles. The van der Waals surface area contributed by atoms with Crippen molar-refractivity contribution in [1.82, 2.24) is 10.6 Å². The van der Waals surface area contributed by atoms with Crippen LogP contribution >= 0.6 is 0 Å². The Hall–Kier alpha value is -4.32. The number of carbonyl (C=O) groups is 3. The van der Waals surface area contributed by atoms with E-state index in [0.717, 1.165) is 42.4 Å². The van der Waals surface area contributed by atoms with Gasteiger partial charge in [-0.05, 0) is 48.6 Å². The first-order valence-electron chi connectivity index (χ1n) is 12.3. The number of amides is 2. The molecule has 0 heterocycles. The summed E-state index contributed by atoms with van der Waals surface area (Å²) < 4.78 is 4.86. The molecule has 0 saturated heterocycles. The van der Waals surface area contributed by atoms with Crippen molar-refractivity contribution in [2.75, 3.05) is 13.7 Å². The molecule has 0 spiro atoms. The fourth-order valence-electron chi connectivity index (χ4n) is 4.29. The van der Waals surface area contributed by atoms with E-state index in [2.05, 4.69) is 27.5 Å². The summed E-state index contributed by atoms with van der Waals surface area (Å²) in [5.74, 6) is 4.53. The molecular weight excluding hydrogens is 470 g/mol. The minimum Gasteiger partial charge on any atom is -0.467 e. The van der Waals surface area contributed by atoms with E-state index in [1.165, 1.54) is 7.11 Å². The second-order valence-electron chi connectivity index (χ2n) is 8.92. The number of esters is 1. The highest BCUT2D eigenvalue weighted by Crippen LogP contribution is 2.29. The van der Waals surface area contributed by atoms with Gasteiger partial charge in [0.1, 0.15) is 12.1 Å². The van der Waals surface area contributed by atoms with E-state index >= 15 is 0 Å². The van der Waals surface area contributed by atoms with Gasteiger partial charge < -0.3 is 26.8 Å². The van der Waals surface area contributed by atoms with E-state index in [4.69, 9.17) is 16.2 Å². The van der Waals surface area contributed by atoms with Gasteiger partial charge in [-0.15, -0.1) is 0 Å². The van der Waals surface area contributed by atoms with Gasteiger partial charge in [-0.1, -0.05) is 55.0 Å². The van der Waals surface area contributed by atoms with Crippen molar-refractivity contribution in [2.24, 2.45) is 22.4 Å². The van der Waals surface area contributed by atoms with E-state index in [1.54, 1.807) is 0 Å². The first-order valence-corrected chi connectivity index (χ1v) is 12.3. The lowest BCUT2D eigenvalue weighted by atomic mass is 9.98. The third-order valence-electron chi connectivity index (χ3n) is 6.17. The molecule has 1 aliphatic rings. The number of methoxy groups -OCH3 is 1. The van der Waals surface area contributed by atoms with Crippen LogP contribution in [0.3, 0.4) is 0 Å². The van der Waals surface area contributed by atoms with E-state index in [9.17, 15) is 14.4 Å². The van der Waals surface area contributed by atoms with Crippen LogP contribution in [0.4, 0.5) is 0 Å². The average molecular weight is 504 g/mol. The third-order valence-corrected chi connectivity index (χ3v) is 6.17. The maximum Gasteiger partial charge on any atom is 0.328 e. The van der Waals surface area contributed by atoms with Crippen LogP contribution in [0.1, 0.15) is 42.4 Å². The molecule has 1 saturated carbocycles. The molecule has 0 unspecified atom stereocenters.